The van der Waals surface area contributed by atoms with Crippen molar-refractivity contribution in [3.8, 4) is 0 Å². The number of amides is 1. The average molecular weight is 506 g/mol. The van der Waals surface area contributed by atoms with E-state index in [0.717, 1.165) is 17.5 Å². The van der Waals surface area contributed by atoms with E-state index in [1.54, 1.807) is 20.8 Å². The molecule has 2 rings (SSSR count). The van der Waals surface area contributed by atoms with E-state index >= 15 is 0 Å². The number of carbonyl (C=O) groups is 3. The van der Waals surface area contributed by atoms with Gasteiger partial charge in [0.25, 0.3) is 5.91 Å². The first-order chi connectivity index (χ1) is 17.0. The van der Waals surface area contributed by atoms with E-state index in [2.05, 4.69) is 5.32 Å². The summed E-state index contributed by atoms with van der Waals surface area (Å²) in [6.07, 6.45) is 2.20. The summed E-state index contributed by atoms with van der Waals surface area (Å²) in [6.45, 7) is 6.40. The number of nitrogens with two attached hydrogens (primary N) is 3. The van der Waals surface area contributed by atoms with Gasteiger partial charge in [-0.05, 0) is 89.9 Å². The van der Waals surface area contributed by atoms with Crippen molar-refractivity contribution in [3.63, 3.8) is 0 Å². The molecule has 1 heterocycles. The van der Waals surface area contributed by atoms with Crippen molar-refractivity contribution < 1.29 is 24.2 Å². The smallest absolute Gasteiger partial charge is 0.336 e. The van der Waals surface area contributed by atoms with Crippen molar-refractivity contribution in [1.29, 1.82) is 0 Å². The summed E-state index contributed by atoms with van der Waals surface area (Å²) in [7, 11) is 0. The number of carboxylic acids is 1. The number of benzene rings is 1. The summed E-state index contributed by atoms with van der Waals surface area (Å²) in [5.41, 5.74) is 16.7. The van der Waals surface area contributed by atoms with Crippen molar-refractivity contribution in [2.75, 3.05) is 19.6 Å². The van der Waals surface area contributed by atoms with Gasteiger partial charge in [-0.15, -0.1) is 0 Å². The van der Waals surface area contributed by atoms with E-state index < -0.39 is 41.2 Å². The number of hydrogen-bond donors (Lipinski definition) is 5. The molecule has 1 unspecified atom stereocenters. The third-order valence-corrected chi connectivity index (χ3v) is 6.32. The molecule has 0 saturated heterocycles. The number of rotatable bonds is 13. The van der Waals surface area contributed by atoms with E-state index in [1.807, 2.05) is 24.3 Å². The van der Waals surface area contributed by atoms with E-state index in [0.29, 0.717) is 45.3 Å². The van der Waals surface area contributed by atoms with Crippen LogP contribution in [0.15, 0.2) is 24.3 Å². The summed E-state index contributed by atoms with van der Waals surface area (Å²) in [4.78, 5) is 41.5. The van der Waals surface area contributed by atoms with Crippen LogP contribution in [0, 0.1) is 0 Å². The minimum absolute atomic E-state index is 0.0159. The van der Waals surface area contributed by atoms with Crippen LogP contribution in [0.4, 0.5) is 0 Å². The molecule has 0 saturated carbocycles. The number of hydrogen-bond acceptors (Lipinski definition) is 8. The highest BCUT2D eigenvalue weighted by molar-refractivity contribution is 6.08. The van der Waals surface area contributed by atoms with Gasteiger partial charge in [-0.25, -0.2) is 9.59 Å². The van der Waals surface area contributed by atoms with Gasteiger partial charge in [0.05, 0.1) is 0 Å². The predicted octanol–water partition coefficient (Wildman–Crippen LogP) is 1.41. The van der Waals surface area contributed by atoms with E-state index in [9.17, 15) is 19.5 Å². The Morgan fingerprint density at radius 2 is 1.75 bits per heavy atom. The van der Waals surface area contributed by atoms with Gasteiger partial charge in [-0.1, -0.05) is 24.3 Å². The second kappa shape index (κ2) is 13.1. The topological polar surface area (TPSA) is 174 Å². The summed E-state index contributed by atoms with van der Waals surface area (Å²) < 4.78 is 5.57. The van der Waals surface area contributed by atoms with Gasteiger partial charge in [-0.3, -0.25) is 10.1 Å². The van der Waals surface area contributed by atoms with Crippen LogP contribution < -0.4 is 22.5 Å². The van der Waals surface area contributed by atoms with Crippen LogP contribution in [0.25, 0.3) is 0 Å². The Labute approximate surface area is 213 Å². The van der Waals surface area contributed by atoms with Crippen molar-refractivity contribution in [3.05, 3.63) is 35.4 Å². The largest absolute Gasteiger partial charge is 0.480 e. The molecule has 0 fully saturated rings. The minimum Gasteiger partial charge on any atom is -0.480 e. The molecule has 3 atom stereocenters. The second-order valence-electron chi connectivity index (χ2n) is 10.4. The highest BCUT2D eigenvalue weighted by Gasteiger charge is 2.51. The van der Waals surface area contributed by atoms with Crippen LogP contribution >= 0.6 is 0 Å². The van der Waals surface area contributed by atoms with Gasteiger partial charge in [0.1, 0.15) is 17.8 Å². The number of nitrogens with one attached hydrogen (secondary N) is 1. The Morgan fingerprint density at radius 1 is 1.11 bits per heavy atom. The van der Waals surface area contributed by atoms with Gasteiger partial charge in [0, 0.05) is 6.54 Å². The molecule has 8 N–H and O–H groups in total. The highest BCUT2D eigenvalue weighted by Crippen LogP contribution is 2.32. The normalized spacial score (nSPS) is 18.0. The standard InChI is InChI=1S/C26H43N5O5/c1-25(2,3)36-24(35)26(29,14-7-9-16-28)23(34)31(20(22(32)33)12-6-8-15-27)21-19-11-5-4-10-18(19)13-17-30-21/h4-5,10-11,20-21,30H,6-9,12-17,27-29H2,1-3H3,(H,32,33)/t20-,21?,26-/m0/s1. The second-order valence-corrected chi connectivity index (χ2v) is 10.4. The number of aliphatic carboxylic acids is 1. The number of carboxylic acid groups (broad SMARTS) is 1. The summed E-state index contributed by atoms with van der Waals surface area (Å²) in [6, 6.07) is 6.36. The fourth-order valence-electron chi connectivity index (χ4n) is 4.48. The van der Waals surface area contributed by atoms with Crippen LogP contribution in [-0.4, -0.2) is 64.7 Å². The SMILES string of the molecule is CC(C)(C)OC(=O)[C@](N)(CCCCN)C(=O)N(C1NCCc2ccccc21)[C@@H](CCCCN)C(=O)O. The van der Waals surface area contributed by atoms with Crippen LogP contribution in [0.2, 0.25) is 0 Å². The molecule has 202 valence electrons. The lowest BCUT2D eigenvalue weighted by Crippen LogP contribution is -2.66. The number of ether oxygens (including phenoxy) is 1. The van der Waals surface area contributed by atoms with Crippen LogP contribution in [0.3, 0.4) is 0 Å². The average Bonchev–Trinajstić information content (AvgIpc) is 2.82. The molecule has 1 aromatic carbocycles. The highest BCUT2D eigenvalue weighted by atomic mass is 16.6. The molecule has 1 aliphatic rings. The van der Waals surface area contributed by atoms with Crippen molar-refractivity contribution in [1.82, 2.24) is 10.2 Å². The molecule has 36 heavy (non-hydrogen) atoms. The molecular weight excluding hydrogens is 462 g/mol. The lowest BCUT2D eigenvalue weighted by Gasteiger charge is -2.43. The van der Waals surface area contributed by atoms with Gasteiger partial charge in [-0.2, -0.15) is 0 Å². The number of esters is 1. The van der Waals surface area contributed by atoms with Crippen LogP contribution in [-0.2, 0) is 25.5 Å². The van der Waals surface area contributed by atoms with Crippen molar-refractivity contribution in [2.45, 2.75) is 89.1 Å². The van der Waals surface area contributed by atoms with Crippen LogP contribution in [0.5, 0.6) is 0 Å². The zero-order valence-corrected chi connectivity index (χ0v) is 21.8. The lowest BCUT2D eigenvalue weighted by molar-refractivity contribution is -0.172. The Balaban J connectivity index is 2.61. The molecule has 0 spiro atoms. The van der Waals surface area contributed by atoms with E-state index in [4.69, 9.17) is 21.9 Å². The first-order valence-corrected chi connectivity index (χ1v) is 12.8. The number of nitrogens with zero attached hydrogens (tertiary/aromatic N) is 1. The number of unbranched alkanes of at least 4 members (excludes halogenated alkanes) is 2. The third-order valence-electron chi connectivity index (χ3n) is 6.32. The molecule has 10 heteroatoms. The zero-order chi connectivity index (χ0) is 26.9. The first kappa shape index (κ1) is 29.7. The third kappa shape index (κ3) is 7.49. The summed E-state index contributed by atoms with van der Waals surface area (Å²) in [5.74, 6) is -2.82. The molecule has 0 radical (unpaired) electrons. The van der Waals surface area contributed by atoms with E-state index in [1.165, 1.54) is 4.90 Å². The van der Waals surface area contributed by atoms with Gasteiger partial charge in [0.15, 0.2) is 5.54 Å². The molecule has 1 aliphatic heterocycles. The summed E-state index contributed by atoms with van der Waals surface area (Å²) >= 11 is 0. The fraction of sp³-hybridized carbons (Fsp3) is 0.654. The Bertz CT molecular complexity index is 903. The molecular formula is C26H43N5O5. The Kier molecular flexibility index (Phi) is 10.8. The first-order valence-electron chi connectivity index (χ1n) is 12.8. The van der Waals surface area contributed by atoms with E-state index in [-0.39, 0.29) is 12.8 Å². The minimum atomic E-state index is -2.07. The predicted molar refractivity (Wildman–Crippen MR) is 138 cm³/mol. The number of fused-ring (bicyclic) bond motifs is 1. The molecule has 10 nitrogen and oxygen atoms in total. The maximum atomic E-state index is 14.3. The molecule has 1 amide bonds. The van der Waals surface area contributed by atoms with Crippen LogP contribution in [0.1, 0.15) is 76.6 Å². The number of carbonyl (C=O) groups excluding carboxylic acids is 2. The van der Waals surface area contributed by atoms with Gasteiger partial charge in [0.2, 0.25) is 0 Å². The zero-order valence-electron chi connectivity index (χ0n) is 21.8. The fourth-order valence-corrected chi connectivity index (χ4v) is 4.48. The monoisotopic (exact) mass is 505 g/mol. The Morgan fingerprint density at radius 3 is 2.36 bits per heavy atom. The van der Waals surface area contributed by atoms with Gasteiger partial charge >= 0.3 is 11.9 Å². The Hall–Kier alpha value is -2.53. The van der Waals surface area contributed by atoms with Gasteiger partial charge < -0.3 is 31.9 Å². The molecule has 0 aliphatic carbocycles. The maximum Gasteiger partial charge on any atom is 0.336 e. The summed E-state index contributed by atoms with van der Waals surface area (Å²) in [5, 5.41) is 13.5. The molecule has 0 bridgehead atoms. The van der Waals surface area contributed by atoms with Crippen molar-refractivity contribution in [2.24, 2.45) is 17.2 Å². The molecule has 0 aromatic heterocycles. The molecule has 1 aromatic rings. The van der Waals surface area contributed by atoms with Crippen molar-refractivity contribution >= 4 is 17.8 Å². The maximum absolute atomic E-state index is 14.3. The lowest BCUT2D eigenvalue weighted by atomic mass is 9.88. The quantitative estimate of drug-likeness (QED) is 0.151.